The van der Waals surface area contributed by atoms with E-state index in [1.165, 1.54) is 18.4 Å². The largest absolute Gasteiger partial charge is 0.481 e. The van der Waals surface area contributed by atoms with Crippen molar-refractivity contribution in [1.29, 1.82) is 0 Å². The number of unbranched alkanes of at least 4 members (excludes halogenated alkanes) is 2. The maximum atomic E-state index is 10.6. The molecule has 4 heteroatoms. The fourth-order valence-corrected chi connectivity index (χ4v) is 3.13. The number of aliphatic carboxylic acids is 1. The number of hydrogen-bond donors (Lipinski definition) is 1. The lowest BCUT2D eigenvalue weighted by Gasteiger charge is -2.36. The minimum Gasteiger partial charge on any atom is -0.481 e. The molecule has 3 atom stereocenters. The molecule has 1 fully saturated rings. The molecule has 1 N–H and O–H groups in total. The Morgan fingerprint density at radius 2 is 2.04 bits per heavy atom. The predicted molar refractivity (Wildman–Crippen MR) is 98.3 cm³/mol. The molecule has 1 heterocycles. The van der Waals surface area contributed by atoms with E-state index in [1.807, 2.05) is 24.3 Å². The molecule has 0 saturated carbocycles. The van der Waals surface area contributed by atoms with Crippen LogP contribution in [-0.4, -0.2) is 24.0 Å². The van der Waals surface area contributed by atoms with Gasteiger partial charge in [0, 0.05) is 12.3 Å². The molecule has 3 unspecified atom stereocenters. The lowest BCUT2D eigenvalue weighted by molar-refractivity contribution is -0.241. The number of carboxylic acids is 1. The van der Waals surface area contributed by atoms with Crippen molar-refractivity contribution in [3.05, 3.63) is 48.0 Å². The highest BCUT2D eigenvalue weighted by atomic mass is 16.7. The monoisotopic (exact) mass is 346 g/mol. The summed E-state index contributed by atoms with van der Waals surface area (Å²) < 4.78 is 12.2. The highest BCUT2D eigenvalue weighted by Crippen LogP contribution is 2.35. The topological polar surface area (TPSA) is 55.8 Å². The van der Waals surface area contributed by atoms with Crippen LogP contribution in [0.25, 0.3) is 0 Å². The van der Waals surface area contributed by atoms with Crippen molar-refractivity contribution in [2.75, 3.05) is 6.61 Å². The van der Waals surface area contributed by atoms with Crippen LogP contribution in [0.1, 0.15) is 63.5 Å². The number of carboxylic acid groups (broad SMARTS) is 1. The van der Waals surface area contributed by atoms with E-state index in [1.54, 1.807) is 0 Å². The first-order valence-corrected chi connectivity index (χ1v) is 9.39. The summed E-state index contributed by atoms with van der Waals surface area (Å²) in [6, 6.07) is 10.3. The van der Waals surface area contributed by atoms with Crippen LogP contribution in [0.4, 0.5) is 0 Å². The maximum absolute atomic E-state index is 10.6. The standard InChI is InChI=1S/C21H30O4/c1-2-3-6-15-20-24-16-18(13-9-5-10-14-19(22)23)21(25-20)17-11-7-4-8-12-17/h4-5,7-9,11-12,18,20-21H,2-3,6,10,13-16H2,1H3,(H,22,23)/b9-5-. The highest BCUT2D eigenvalue weighted by molar-refractivity contribution is 5.66. The normalized spacial score (nSPS) is 23.8. The van der Waals surface area contributed by atoms with Gasteiger partial charge < -0.3 is 14.6 Å². The third kappa shape index (κ3) is 7.00. The van der Waals surface area contributed by atoms with Crippen LogP contribution in [0.3, 0.4) is 0 Å². The van der Waals surface area contributed by atoms with Crippen LogP contribution >= 0.6 is 0 Å². The third-order valence-electron chi connectivity index (χ3n) is 4.52. The molecular formula is C21H30O4. The van der Waals surface area contributed by atoms with E-state index in [9.17, 15) is 4.79 Å². The zero-order valence-electron chi connectivity index (χ0n) is 15.1. The molecule has 1 aliphatic heterocycles. The Bertz CT molecular complexity index is 526. The molecule has 0 bridgehead atoms. The Labute approximate surface area is 150 Å². The molecule has 1 aromatic rings. The van der Waals surface area contributed by atoms with Gasteiger partial charge in [-0.2, -0.15) is 0 Å². The second-order valence-corrected chi connectivity index (χ2v) is 6.63. The summed E-state index contributed by atoms with van der Waals surface area (Å²) in [5, 5.41) is 8.70. The van der Waals surface area contributed by atoms with Gasteiger partial charge in [0.25, 0.3) is 0 Å². The summed E-state index contributed by atoms with van der Waals surface area (Å²) in [5.74, 6) is -0.503. The average molecular weight is 346 g/mol. The summed E-state index contributed by atoms with van der Waals surface area (Å²) in [4.78, 5) is 10.6. The zero-order chi connectivity index (χ0) is 17.9. The van der Waals surface area contributed by atoms with Crippen LogP contribution in [0.5, 0.6) is 0 Å². The van der Waals surface area contributed by atoms with E-state index in [2.05, 4.69) is 25.1 Å². The number of ether oxygens (including phenoxy) is 2. The fourth-order valence-electron chi connectivity index (χ4n) is 3.13. The van der Waals surface area contributed by atoms with E-state index < -0.39 is 5.97 Å². The number of benzene rings is 1. The molecule has 138 valence electrons. The summed E-state index contributed by atoms with van der Waals surface area (Å²) in [7, 11) is 0. The first kappa shape index (κ1) is 19.7. The first-order valence-electron chi connectivity index (χ1n) is 9.39. The van der Waals surface area contributed by atoms with Crippen molar-refractivity contribution in [3.8, 4) is 0 Å². The van der Waals surface area contributed by atoms with Crippen molar-refractivity contribution < 1.29 is 19.4 Å². The molecule has 0 spiro atoms. The molecular weight excluding hydrogens is 316 g/mol. The van der Waals surface area contributed by atoms with Crippen LogP contribution in [0.15, 0.2) is 42.5 Å². The molecule has 2 rings (SSSR count). The zero-order valence-corrected chi connectivity index (χ0v) is 15.1. The lowest BCUT2D eigenvalue weighted by atomic mass is 9.92. The summed E-state index contributed by atoms with van der Waals surface area (Å²) in [5.41, 5.74) is 1.19. The molecule has 25 heavy (non-hydrogen) atoms. The number of hydrogen-bond acceptors (Lipinski definition) is 3. The van der Waals surface area contributed by atoms with E-state index in [0.29, 0.717) is 13.0 Å². The van der Waals surface area contributed by atoms with Gasteiger partial charge in [0.1, 0.15) is 0 Å². The highest BCUT2D eigenvalue weighted by Gasteiger charge is 2.32. The molecule has 0 amide bonds. The second-order valence-electron chi connectivity index (χ2n) is 6.63. The van der Waals surface area contributed by atoms with E-state index in [4.69, 9.17) is 14.6 Å². The van der Waals surface area contributed by atoms with Gasteiger partial charge in [-0.1, -0.05) is 62.2 Å². The molecule has 1 saturated heterocycles. The van der Waals surface area contributed by atoms with Crippen molar-refractivity contribution >= 4 is 5.97 Å². The van der Waals surface area contributed by atoms with Gasteiger partial charge in [-0.3, -0.25) is 4.79 Å². The van der Waals surface area contributed by atoms with Gasteiger partial charge in [-0.25, -0.2) is 0 Å². The Morgan fingerprint density at radius 1 is 1.24 bits per heavy atom. The van der Waals surface area contributed by atoms with Gasteiger partial charge in [-0.05, 0) is 31.2 Å². The van der Waals surface area contributed by atoms with Crippen LogP contribution < -0.4 is 0 Å². The molecule has 1 aliphatic rings. The van der Waals surface area contributed by atoms with Gasteiger partial charge in [0.05, 0.1) is 12.7 Å². The van der Waals surface area contributed by atoms with Crippen LogP contribution in [-0.2, 0) is 14.3 Å². The summed E-state index contributed by atoms with van der Waals surface area (Å²) in [6.07, 6.45) is 9.97. The third-order valence-corrected chi connectivity index (χ3v) is 4.52. The van der Waals surface area contributed by atoms with Crippen LogP contribution in [0, 0.1) is 5.92 Å². The number of carbonyl (C=O) groups is 1. The fraction of sp³-hybridized carbons (Fsp3) is 0.571. The minimum absolute atomic E-state index is 0.0331. The smallest absolute Gasteiger partial charge is 0.303 e. The quantitative estimate of drug-likeness (QED) is 0.472. The molecule has 4 nitrogen and oxygen atoms in total. The molecule has 0 aromatic heterocycles. The lowest BCUT2D eigenvalue weighted by Crippen LogP contribution is -2.34. The second kappa shape index (κ2) is 11.1. The molecule has 0 radical (unpaired) electrons. The summed E-state index contributed by atoms with van der Waals surface area (Å²) in [6.45, 7) is 2.88. The number of allylic oxidation sites excluding steroid dienone is 2. The van der Waals surface area contributed by atoms with Crippen molar-refractivity contribution in [2.24, 2.45) is 5.92 Å². The average Bonchev–Trinajstić information content (AvgIpc) is 2.63. The Morgan fingerprint density at radius 3 is 2.76 bits per heavy atom. The van der Waals surface area contributed by atoms with Gasteiger partial charge >= 0.3 is 5.97 Å². The van der Waals surface area contributed by atoms with Gasteiger partial charge in [0.15, 0.2) is 6.29 Å². The first-order chi connectivity index (χ1) is 12.2. The Balaban J connectivity index is 1.93. The van der Waals surface area contributed by atoms with Crippen molar-refractivity contribution in [2.45, 2.75) is 64.3 Å². The SMILES string of the molecule is CCCCCC1OCC(C/C=C\CCC(=O)O)C(c2ccccc2)O1. The minimum atomic E-state index is -0.758. The molecule has 1 aromatic carbocycles. The van der Waals surface area contributed by atoms with Crippen molar-refractivity contribution in [3.63, 3.8) is 0 Å². The number of rotatable bonds is 10. The van der Waals surface area contributed by atoms with Crippen molar-refractivity contribution in [1.82, 2.24) is 0 Å². The van der Waals surface area contributed by atoms with Crippen LogP contribution in [0.2, 0.25) is 0 Å². The Hall–Kier alpha value is -1.65. The van der Waals surface area contributed by atoms with Gasteiger partial charge in [-0.15, -0.1) is 0 Å². The van der Waals surface area contributed by atoms with E-state index in [0.717, 1.165) is 19.3 Å². The molecule has 0 aliphatic carbocycles. The van der Waals surface area contributed by atoms with E-state index in [-0.39, 0.29) is 24.7 Å². The van der Waals surface area contributed by atoms with E-state index >= 15 is 0 Å². The maximum Gasteiger partial charge on any atom is 0.303 e. The van der Waals surface area contributed by atoms with Gasteiger partial charge in [0.2, 0.25) is 0 Å². The Kier molecular flexibility index (Phi) is 8.70. The predicted octanol–water partition coefficient (Wildman–Crippen LogP) is 5.11. The summed E-state index contributed by atoms with van der Waals surface area (Å²) >= 11 is 0.